The maximum absolute atomic E-state index is 3.61. The summed E-state index contributed by atoms with van der Waals surface area (Å²) < 4.78 is 0. The first-order valence-electron chi connectivity index (χ1n) is 5.89. The maximum Gasteiger partial charge on any atom is 0.0378 e. The molecule has 2 aliphatic heterocycles. The van der Waals surface area contributed by atoms with Crippen LogP contribution in [0.4, 0.5) is 0 Å². The fourth-order valence-electron chi connectivity index (χ4n) is 2.27. The minimum Gasteiger partial charge on any atom is -0.315 e. The molecule has 14 heavy (non-hydrogen) atoms. The van der Waals surface area contributed by atoms with E-state index in [4.69, 9.17) is 0 Å². The van der Waals surface area contributed by atoms with E-state index in [2.05, 4.69) is 21.5 Å². The summed E-state index contributed by atoms with van der Waals surface area (Å²) in [5, 5.41) is 7.10. The topological polar surface area (TPSA) is 48.1 Å². The van der Waals surface area contributed by atoms with Crippen molar-refractivity contribution in [3.05, 3.63) is 0 Å². The molecule has 0 spiro atoms. The summed E-state index contributed by atoms with van der Waals surface area (Å²) in [5.41, 5.74) is 6.72. The van der Waals surface area contributed by atoms with Gasteiger partial charge in [0.15, 0.2) is 0 Å². The largest absolute Gasteiger partial charge is 0.315 e. The van der Waals surface area contributed by atoms with Gasteiger partial charge in [-0.05, 0) is 32.4 Å². The molecule has 2 fully saturated rings. The van der Waals surface area contributed by atoms with Crippen LogP contribution < -0.4 is 21.5 Å². The third-order valence-corrected chi connectivity index (χ3v) is 3.14. The van der Waals surface area contributed by atoms with E-state index in [1.165, 1.54) is 25.7 Å². The summed E-state index contributed by atoms with van der Waals surface area (Å²) in [4.78, 5) is 0. The summed E-state index contributed by atoms with van der Waals surface area (Å²) in [6.07, 6.45) is 5.16. The Morgan fingerprint density at radius 1 is 0.857 bits per heavy atom. The second-order valence-electron chi connectivity index (χ2n) is 4.29. The Labute approximate surface area is 86.2 Å². The van der Waals surface area contributed by atoms with Crippen LogP contribution in [0.1, 0.15) is 25.7 Å². The van der Waals surface area contributed by atoms with Gasteiger partial charge >= 0.3 is 0 Å². The van der Waals surface area contributed by atoms with Crippen LogP contribution in [0.5, 0.6) is 0 Å². The van der Waals surface area contributed by atoms with Crippen molar-refractivity contribution in [2.24, 2.45) is 0 Å². The van der Waals surface area contributed by atoms with Crippen molar-refractivity contribution >= 4 is 0 Å². The molecule has 2 saturated heterocycles. The first kappa shape index (κ1) is 10.4. The van der Waals surface area contributed by atoms with E-state index in [-0.39, 0.29) is 0 Å². The molecule has 0 aromatic heterocycles. The standard InChI is InChI=1S/C10H22N4/c1-2-7-13-14-9(4-1)10-8-11-5-3-6-12-10/h9-14H,1-8H2. The molecule has 2 heterocycles. The summed E-state index contributed by atoms with van der Waals surface area (Å²) in [7, 11) is 0. The van der Waals surface area contributed by atoms with Crippen LogP contribution in [0.25, 0.3) is 0 Å². The zero-order valence-corrected chi connectivity index (χ0v) is 8.81. The molecule has 2 rings (SSSR count). The minimum atomic E-state index is 0.586. The number of hydrogen-bond acceptors (Lipinski definition) is 4. The first-order chi connectivity index (χ1) is 6.97. The molecule has 82 valence electrons. The van der Waals surface area contributed by atoms with Crippen LogP contribution in [0.2, 0.25) is 0 Å². The third-order valence-electron chi connectivity index (χ3n) is 3.14. The summed E-state index contributed by atoms with van der Waals surface area (Å²) >= 11 is 0. The third kappa shape index (κ3) is 2.92. The minimum absolute atomic E-state index is 0.586. The number of hydrazine groups is 1. The fraction of sp³-hybridized carbons (Fsp3) is 1.00. The average Bonchev–Trinajstić information content (AvgIpc) is 2.62. The van der Waals surface area contributed by atoms with Crippen molar-refractivity contribution in [2.75, 3.05) is 26.2 Å². The predicted octanol–water partition coefficient (Wildman–Crippen LogP) is -0.415. The van der Waals surface area contributed by atoms with Gasteiger partial charge in [-0.15, -0.1) is 0 Å². The first-order valence-corrected chi connectivity index (χ1v) is 5.89. The smallest absolute Gasteiger partial charge is 0.0378 e. The van der Waals surface area contributed by atoms with Gasteiger partial charge < -0.3 is 10.6 Å². The molecule has 4 nitrogen and oxygen atoms in total. The Bertz CT molecular complexity index is 128. The van der Waals surface area contributed by atoms with Gasteiger partial charge in [0.1, 0.15) is 0 Å². The van der Waals surface area contributed by atoms with Crippen LogP contribution in [-0.4, -0.2) is 38.3 Å². The molecule has 0 amide bonds. The second-order valence-corrected chi connectivity index (χ2v) is 4.29. The summed E-state index contributed by atoms with van der Waals surface area (Å²) in [6, 6.07) is 1.17. The normalized spacial score (nSPS) is 36.0. The van der Waals surface area contributed by atoms with Crippen LogP contribution in [0, 0.1) is 0 Å². The molecule has 4 heteroatoms. The van der Waals surface area contributed by atoms with E-state index in [1.807, 2.05) is 0 Å². The molecule has 0 radical (unpaired) electrons. The van der Waals surface area contributed by atoms with Crippen LogP contribution in [0.15, 0.2) is 0 Å². The highest BCUT2D eigenvalue weighted by Gasteiger charge is 2.22. The highest BCUT2D eigenvalue weighted by molar-refractivity contribution is 4.85. The lowest BCUT2D eigenvalue weighted by Gasteiger charge is -2.26. The van der Waals surface area contributed by atoms with Crippen molar-refractivity contribution in [2.45, 2.75) is 37.8 Å². The summed E-state index contributed by atoms with van der Waals surface area (Å²) in [6.45, 7) is 4.51. The zero-order valence-electron chi connectivity index (χ0n) is 8.81. The Morgan fingerprint density at radius 2 is 1.86 bits per heavy atom. The maximum atomic E-state index is 3.61. The van der Waals surface area contributed by atoms with Crippen molar-refractivity contribution in [1.29, 1.82) is 0 Å². The monoisotopic (exact) mass is 198 g/mol. The number of nitrogens with one attached hydrogen (secondary N) is 4. The molecule has 2 aliphatic rings. The zero-order chi connectivity index (χ0) is 9.64. The van der Waals surface area contributed by atoms with E-state index in [9.17, 15) is 0 Å². The van der Waals surface area contributed by atoms with Crippen molar-refractivity contribution in [3.8, 4) is 0 Å². The highest BCUT2D eigenvalue weighted by atomic mass is 15.4. The fourth-order valence-corrected chi connectivity index (χ4v) is 2.27. The Kier molecular flexibility index (Phi) is 4.19. The molecule has 2 atom stereocenters. The van der Waals surface area contributed by atoms with Gasteiger partial charge in [-0.3, -0.25) is 10.9 Å². The van der Waals surface area contributed by atoms with Gasteiger partial charge in [0.2, 0.25) is 0 Å². The van der Waals surface area contributed by atoms with E-state index >= 15 is 0 Å². The molecule has 0 aromatic carbocycles. The molecule has 2 unspecified atom stereocenters. The van der Waals surface area contributed by atoms with Gasteiger partial charge in [-0.2, -0.15) is 0 Å². The molecule has 0 aliphatic carbocycles. The molecular weight excluding hydrogens is 176 g/mol. The lowest BCUT2D eigenvalue weighted by molar-refractivity contribution is 0.340. The number of rotatable bonds is 1. The van der Waals surface area contributed by atoms with Crippen LogP contribution in [-0.2, 0) is 0 Å². The average molecular weight is 198 g/mol. The Balaban J connectivity index is 1.83. The van der Waals surface area contributed by atoms with E-state index in [1.54, 1.807) is 0 Å². The van der Waals surface area contributed by atoms with Gasteiger partial charge in [-0.25, -0.2) is 0 Å². The van der Waals surface area contributed by atoms with Gasteiger partial charge in [0.05, 0.1) is 0 Å². The second kappa shape index (κ2) is 5.66. The highest BCUT2D eigenvalue weighted by Crippen LogP contribution is 2.08. The SMILES string of the molecule is C1CCC(C2CNCCCN2)NNC1. The number of hydrogen-bond donors (Lipinski definition) is 4. The molecule has 0 saturated carbocycles. The van der Waals surface area contributed by atoms with Crippen molar-refractivity contribution < 1.29 is 0 Å². The molecule has 4 N–H and O–H groups in total. The summed E-state index contributed by atoms with van der Waals surface area (Å²) in [5.74, 6) is 0. The Morgan fingerprint density at radius 3 is 2.86 bits per heavy atom. The van der Waals surface area contributed by atoms with Crippen LogP contribution >= 0.6 is 0 Å². The quantitative estimate of drug-likeness (QED) is 0.462. The van der Waals surface area contributed by atoms with Crippen molar-refractivity contribution in [3.63, 3.8) is 0 Å². The van der Waals surface area contributed by atoms with E-state index in [0.29, 0.717) is 12.1 Å². The van der Waals surface area contributed by atoms with Gasteiger partial charge in [0, 0.05) is 25.2 Å². The Hall–Kier alpha value is -0.160. The van der Waals surface area contributed by atoms with Gasteiger partial charge in [-0.1, -0.05) is 6.42 Å². The molecule has 0 aromatic rings. The van der Waals surface area contributed by atoms with Gasteiger partial charge in [0.25, 0.3) is 0 Å². The lowest BCUT2D eigenvalue weighted by Crippen LogP contribution is -2.54. The van der Waals surface area contributed by atoms with Crippen LogP contribution in [0.3, 0.4) is 0 Å². The molecule has 0 bridgehead atoms. The molecular formula is C10H22N4. The lowest BCUT2D eigenvalue weighted by atomic mass is 10.0. The van der Waals surface area contributed by atoms with E-state index in [0.717, 1.165) is 26.2 Å². The van der Waals surface area contributed by atoms with Crippen molar-refractivity contribution in [1.82, 2.24) is 21.5 Å². The van der Waals surface area contributed by atoms with E-state index < -0.39 is 0 Å². The predicted molar refractivity (Wildman–Crippen MR) is 58.1 cm³/mol.